The molecular formula is C13H14ClN3O. The third kappa shape index (κ3) is 2.93. The molecule has 2 amide bonds. The highest BCUT2D eigenvalue weighted by molar-refractivity contribution is 6.30. The Morgan fingerprint density at radius 3 is 3.06 bits per heavy atom. The predicted octanol–water partition coefficient (Wildman–Crippen LogP) is 3.25. The van der Waals surface area contributed by atoms with Gasteiger partial charge in [-0.3, -0.25) is 0 Å². The molecule has 1 aromatic rings. The Morgan fingerprint density at radius 1 is 1.50 bits per heavy atom. The smallest absolute Gasteiger partial charge is 0.309 e. The van der Waals surface area contributed by atoms with Gasteiger partial charge in [0.25, 0.3) is 0 Å². The van der Waals surface area contributed by atoms with Gasteiger partial charge in [-0.2, -0.15) is 5.26 Å². The van der Waals surface area contributed by atoms with Crippen molar-refractivity contribution in [2.45, 2.75) is 25.3 Å². The van der Waals surface area contributed by atoms with E-state index in [-0.39, 0.29) is 12.1 Å². The molecule has 1 N–H and O–H groups in total. The predicted molar refractivity (Wildman–Crippen MR) is 70.4 cm³/mol. The minimum absolute atomic E-state index is 0.233. The summed E-state index contributed by atoms with van der Waals surface area (Å²) in [5, 5.41) is 12.4. The van der Waals surface area contributed by atoms with Gasteiger partial charge in [0.2, 0.25) is 0 Å². The number of carbonyl (C=O) groups excluding carboxylic acids is 1. The Morgan fingerprint density at radius 2 is 2.33 bits per heavy atom. The van der Waals surface area contributed by atoms with Crippen molar-refractivity contribution in [3.05, 3.63) is 29.3 Å². The summed E-state index contributed by atoms with van der Waals surface area (Å²) in [5.41, 5.74) is 0.648. The highest BCUT2D eigenvalue weighted by Gasteiger charge is 2.26. The maximum atomic E-state index is 12.1. The molecule has 1 aliphatic heterocycles. The molecule has 1 saturated heterocycles. The number of likely N-dealkylation sites (tertiary alicyclic amines) is 1. The molecule has 1 aromatic carbocycles. The van der Waals surface area contributed by atoms with Crippen LogP contribution in [0.2, 0.25) is 5.02 Å². The van der Waals surface area contributed by atoms with Crippen LogP contribution < -0.4 is 5.32 Å². The molecule has 18 heavy (non-hydrogen) atoms. The largest absolute Gasteiger partial charge is 0.322 e. The molecular weight excluding hydrogens is 250 g/mol. The lowest BCUT2D eigenvalue weighted by Gasteiger charge is -2.31. The van der Waals surface area contributed by atoms with Gasteiger partial charge in [-0.25, -0.2) is 4.79 Å². The van der Waals surface area contributed by atoms with Crippen LogP contribution in [0.25, 0.3) is 0 Å². The first-order valence-corrected chi connectivity index (χ1v) is 6.31. The number of carbonyl (C=O) groups is 1. The molecule has 4 nitrogen and oxygen atoms in total. The summed E-state index contributed by atoms with van der Waals surface area (Å²) in [6.45, 7) is 0.630. The van der Waals surface area contributed by atoms with Crippen molar-refractivity contribution in [2.24, 2.45) is 0 Å². The standard InChI is InChI=1S/C13H14ClN3O/c14-10-4-3-5-11(8-10)16-13(18)17-7-2-1-6-12(17)9-15/h3-5,8,12H,1-2,6-7H2,(H,16,18). The van der Waals surface area contributed by atoms with Crippen LogP contribution in [0.15, 0.2) is 24.3 Å². The number of benzene rings is 1. The number of piperidine rings is 1. The van der Waals surface area contributed by atoms with Crippen molar-refractivity contribution in [2.75, 3.05) is 11.9 Å². The van der Waals surface area contributed by atoms with E-state index in [1.807, 2.05) is 0 Å². The first-order valence-electron chi connectivity index (χ1n) is 5.93. The maximum Gasteiger partial charge on any atom is 0.322 e. The molecule has 0 saturated carbocycles. The van der Waals surface area contributed by atoms with Crippen molar-refractivity contribution in [1.29, 1.82) is 5.26 Å². The Hall–Kier alpha value is -1.73. The van der Waals surface area contributed by atoms with E-state index in [1.54, 1.807) is 29.2 Å². The quantitative estimate of drug-likeness (QED) is 0.846. The highest BCUT2D eigenvalue weighted by atomic mass is 35.5. The monoisotopic (exact) mass is 263 g/mol. The van der Waals surface area contributed by atoms with Crippen LogP contribution in [0.1, 0.15) is 19.3 Å². The number of rotatable bonds is 1. The summed E-state index contributed by atoms with van der Waals surface area (Å²) >= 11 is 5.85. The number of nitriles is 1. The normalized spacial score (nSPS) is 19.1. The molecule has 0 aromatic heterocycles. The molecule has 1 heterocycles. The number of amides is 2. The molecule has 0 bridgehead atoms. The number of nitrogens with one attached hydrogen (secondary N) is 1. The fourth-order valence-electron chi connectivity index (χ4n) is 2.07. The Balaban J connectivity index is 2.05. The summed E-state index contributed by atoms with van der Waals surface area (Å²) in [7, 11) is 0. The van der Waals surface area contributed by atoms with Crippen molar-refractivity contribution >= 4 is 23.3 Å². The zero-order valence-corrected chi connectivity index (χ0v) is 10.7. The summed E-state index contributed by atoms with van der Waals surface area (Å²) in [6.07, 6.45) is 2.69. The van der Waals surface area contributed by atoms with Crippen LogP contribution in [0, 0.1) is 11.3 Å². The molecule has 0 spiro atoms. The number of halogens is 1. The van der Waals surface area contributed by atoms with Crippen molar-refractivity contribution in [3.8, 4) is 6.07 Å². The topological polar surface area (TPSA) is 56.1 Å². The second kappa shape index (κ2) is 5.74. The third-order valence-electron chi connectivity index (χ3n) is 2.99. The fourth-order valence-corrected chi connectivity index (χ4v) is 2.26. The first-order chi connectivity index (χ1) is 8.70. The minimum atomic E-state index is -0.321. The SMILES string of the molecule is N#CC1CCCCN1C(=O)Nc1cccc(Cl)c1. The van der Waals surface area contributed by atoms with Crippen LogP contribution >= 0.6 is 11.6 Å². The van der Waals surface area contributed by atoms with Crippen LogP contribution in [-0.2, 0) is 0 Å². The van der Waals surface area contributed by atoms with E-state index in [0.29, 0.717) is 17.3 Å². The first kappa shape index (κ1) is 12.7. The van der Waals surface area contributed by atoms with Gasteiger partial charge < -0.3 is 10.2 Å². The van der Waals surface area contributed by atoms with Gasteiger partial charge in [-0.1, -0.05) is 17.7 Å². The maximum absolute atomic E-state index is 12.1. The van der Waals surface area contributed by atoms with E-state index < -0.39 is 0 Å². The highest BCUT2D eigenvalue weighted by Crippen LogP contribution is 2.19. The van der Waals surface area contributed by atoms with Crippen LogP contribution in [-0.4, -0.2) is 23.5 Å². The lowest BCUT2D eigenvalue weighted by molar-refractivity contribution is 0.182. The summed E-state index contributed by atoms with van der Waals surface area (Å²) in [4.78, 5) is 13.7. The second-order valence-electron chi connectivity index (χ2n) is 4.27. The number of nitrogens with zero attached hydrogens (tertiary/aromatic N) is 2. The lowest BCUT2D eigenvalue weighted by Crippen LogP contribution is -2.45. The van der Waals surface area contributed by atoms with Crippen molar-refractivity contribution < 1.29 is 4.79 Å². The van der Waals surface area contributed by atoms with E-state index in [2.05, 4.69) is 11.4 Å². The number of urea groups is 1. The molecule has 1 unspecified atom stereocenters. The van der Waals surface area contributed by atoms with E-state index in [0.717, 1.165) is 19.3 Å². The average Bonchev–Trinajstić information content (AvgIpc) is 2.38. The summed E-state index contributed by atoms with van der Waals surface area (Å²) < 4.78 is 0. The number of hydrogen-bond donors (Lipinski definition) is 1. The van der Waals surface area contributed by atoms with Crippen molar-refractivity contribution in [1.82, 2.24) is 4.90 Å². The Bertz CT molecular complexity index is 483. The number of anilines is 1. The number of hydrogen-bond acceptors (Lipinski definition) is 2. The van der Waals surface area contributed by atoms with Crippen molar-refractivity contribution in [3.63, 3.8) is 0 Å². The lowest BCUT2D eigenvalue weighted by atomic mass is 10.0. The molecule has 1 atom stereocenters. The van der Waals surface area contributed by atoms with Gasteiger partial charge in [-0.15, -0.1) is 0 Å². The molecule has 94 valence electrons. The second-order valence-corrected chi connectivity index (χ2v) is 4.71. The Kier molecular flexibility index (Phi) is 4.06. The van der Waals surface area contributed by atoms with Gasteiger partial charge >= 0.3 is 6.03 Å². The molecule has 0 radical (unpaired) electrons. The molecule has 1 aliphatic rings. The summed E-state index contributed by atoms with van der Waals surface area (Å²) in [5.74, 6) is 0. The molecule has 0 aliphatic carbocycles. The zero-order valence-electron chi connectivity index (χ0n) is 9.90. The van der Waals surface area contributed by atoms with E-state index in [9.17, 15) is 4.79 Å². The summed E-state index contributed by atoms with van der Waals surface area (Å²) in [6, 6.07) is 8.60. The van der Waals surface area contributed by atoms with E-state index in [4.69, 9.17) is 16.9 Å². The third-order valence-corrected chi connectivity index (χ3v) is 3.22. The average molecular weight is 264 g/mol. The Labute approximate surface area is 111 Å². The van der Waals surface area contributed by atoms with Gasteiger partial charge in [0.05, 0.1) is 6.07 Å². The van der Waals surface area contributed by atoms with Gasteiger partial charge in [-0.05, 0) is 37.5 Å². The molecule has 2 rings (SSSR count). The molecule has 1 fully saturated rings. The van der Waals surface area contributed by atoms with Gasteiger partial charge in [0.1, 0.15) is 6.04 Å². The van der Waals surface area contributed by atoms with Crippen LogP contribution in [0.5, 0.6) is 0 Å². The molecule has 5 heteroatoms. The fraction of sp³-hybridized carbons (Fsp3) is 0.385. The van der Waals surface area contributed by atoms with Gasteiger partial charge in [0, 0.05) is 17.3 Å². The van der Waals surface area contributed by atoms with Crippen LogP contribution in [0.4, 0.5) is 10.5 Å². The van der Waals surface area contributed by atoms with E-state index >= 15 is 0 Å². The van der Waals surface area contributed by atoms with Gasteiger partial charge in [0.15, 0.2) is 0 Å². The van der Waals surface area contributed by atoms with E-state index in [1.165, 1.54) is 0 Å². The van der Waals surface area contributed by atoms with Crippen LogP contribution in [0.3, 0.4) is 0 Å². The minimum Gasteiger partial charge on any atom is -0.309 e. The zero-order chi connectivity index (χ0) is 13.0.